The van der Waals surface area contributed by atoms with E-state index >= 15 is 0 Å². The van der Waals surface area contributed by atoms with E-state index in [9.17, 15) is 4.79 Å². The third kappa shape index (κ3) is 4.52. The van der Waals surface area contributed by atoms with Gasteiger partial charge in [0.15, 0.2) is 0 Å². The smallest absolute Gasteiger partial charge is 0.234 e. The maximum Gasteiger partial charge on any atom is 0.234 e. The molecule has 18 heavy (non-hydrogen) atoms. The molecule has 0 aromatic carbocycles. The van der Waals surface area contributed by atoms with Gasteiger partial charge >= 0.3 is 0 Å². The molecule has 0 aliphatic rings. The van der Waals surface area contributed by atoms with Crippen LogP contribution in [0.4, 0.5) is 0 Å². The van der Waals surface area contributed by atoms with Gasteiger partial charge in [0.05, 0.1) is 13.1 Å². The highest BCUT2D eigenvalue weighted by atomic mass is 32.1. The summed E-state index contributed by atoms with van der Waals surface area (Å²) in [6.45, 7) is 7.03. The lowest BCUT2D eigenvalue weighted by atomic mass is 9.86. The van der Waals surface area contributed by atoms with Crippen molar-refractivity contribution in [2.45, 2.75) is 26.8 Å². The molecule has 1 amide bonds. The molecule has 1 aromatic heterocycles. The Labute approximate surface area is 113 Å². The van der Waals surface area contributed by atoms with Crippen LogP contribution in [0.25, 0.3) is 0 Å². The summed E-state index contributed by atoms with van der Waals surface area (Å²) < 4.78 is 0. The molecule has 1 heterocycles. The Balaban J connectivity index is 2.59. The summed E-state index contributed by atoms with van der Waals surface area (Å²) in [5, 5.41) is 8.00. The predicted molar refractivity (Wildman–Crippen MR) is 76.4 cm³/mol. The third-order valence-electron chi connectivity index (χ3n) is 2.55. The van der Waals surface area contributed by atoms with Crippen LogP contribution in [0, 0.1) is 17.8 Å². The first-order chi connectivity index (χ1) is 8.45. The molecular weight excluding hydrogens is 244 g/mol. The summed E-state index contributed by atoms with van der Waals surface area (Å²) >= 11 is 1.70. The second-order valence-electron chi connectivity index (χ2n) is 5.18. The van der Waals surface area contributed by atoms with Gasteiger partial charge in [0.25, 0.3) is 0 Å². The second kappa shape index (κ2) is 6.58. The van der Waals surface area contributed by atoms with Crippen LogP contribution >= 0.6 is 11.3 Å². The Hall–Kier alpha value is -1.31. The molecule has 1 atom stereocenters. The third-order valence-corrected chi connectivity index (χ3v) is 3.49. The molecule has 2 N–H and O–H groups in total. The van der Waals surface area contributed by atoms with Crippen molar-refractivity contribution in [1.82, 2.24) is 10.6 Å². The monoisotopic (exact) mass is 264 g/mol. The lowest BCUT2D eigenvalue weighted by molar-refractivity contribution is -0.120. The largest absolute Gasteiger partial charge is 0.344 e. The molecule has 1 aromatic rings. The SMILES string of the molecule is C#CCNC(=O)CN[C@@H](c1cccs1)C(C)(C)C. The Bertz CT molecular complexity index is 412. The average molecular weight is 264 g/mol. The van der Waals surface area contributed by atoms with Gasteiger partial charge in [0.2, 0.25) is 5.91 Å². The van der Waals surface area contributed by atoms with Crippen molar-refractivity contribution in [3.8, 4) is 12.3 Å². The quantitative estimate of drug-likeness (QED) is 0.800. The fourth-order valence-electron chi connectivity index (χ4n) is 1.70. The Morgan fingerprint density at radius 1 is 1.56 bits per heavy atom. The van der Waals surface area contributed by atoms with E-state index in [4.69, 9.17) is 6.42 Å². The highest BCUT2D eigenvalue weighted by molar-refractivity contribution is 7.10. The molecule has 0 aliphatic heterocycles. The first-order valence-electron chi connectivity index (χ1n) is 5.92. The van der Waals surface area contributed by atoms with Crippen molar-refractivity contribution < 1.29 is 4.79 Å². The van der Waals surface area contributed by atoms with Crippen molar-refractivity contribution in [2.24, 2.45) is 5.41 Å². The highest BCUT2D eigenvalue weighted by Crippen LogP contribution is 2.34. The van der Waals surface area contributed by atoms with Gasteiger partial charge in [-0.05, 0) is 16.9 Å². The lowest BCUT2D eigenvalue weighted by Crippen LogP contribution is -2.39. The molecule has 0 saturated heterocycles. The summed E-state index contributed by atoms with van der Waals surface area (Å²) in [5.41, 5.74) is 0.0528. The Morgan fingerprint density at radius 3 is 2.78 bits per heavy atom. The maximum absolute atomic E-state index is 11.5. The highest BCUT2D eigenvalue weighted by Gasteiger charge is 2.27. The van der Waals surface area contributed by atoms with Crippen LogP contribution in [0.3, 0.4) is 0 Å². The minimum atomic E-state index is -0.0706. The van der Waals surface area contributed by atoms with Gasteiger partial charge in [-0.3, -0.25) is 4.79 Å². The molecule has 3 nitrogen and oxygen atoms in total. The first-order valence-corrected chi connectivity index (χ1v) is 6.80. The lowest BCUT2D eigenvalue weighted by Gasteiger charge is -2.30. The number of amides is 1. The van der Waals surface area contributed by atoms with E-state index in [1.165, 1.54) is 4.88 Å². The van der Waals surface area contributed by atoms with E-state index in [0.29, 0.717) is 0 Å². The van der Waals surface area contributed by atoms with Gasteiger partial charge in [-0.2, -0.15) is 0 Å². The second-order valence-corrected chi connectivity index (χ2v) is 6.16. The standard InChI is InChI=1S/C14H20N2OS/c1-5-8-15-12(17)10-16-13(14(2,3)4)11-7-6-9-18-11/h1,6-7,9,13,16H,8,10H2,2-4H3,(H,15,17)/t13-/m0/s1. The van der Waals surface area contributed by atoms with Crippen LogP contribution in [-0.2, 0) is 4.79 Å². The van der Waals surface area contributed by atoms with Crippen molar-refractivity contribution in [1.29, 1.82) is 0 Å². The topological polar surface area (TPSA) is 41.1 Å². The zero-order chi connectivity index (χ0) is 13.6. The van der Waals surface area contributed by atoms with Crippen LogP contribution in [0.2, 0.25) is 0 Å². The summed E-state index contributed by atoms with van der Waals surface area (Å²) in [5.74, 6) is 2.32. The molecule has 0 bridgehead atoms. The normalized spacial score (nSPS) is 12.8. The van der Waals surface area contributed by atoms with Crippen LogP contribution in [0.1, 0.15) is 31.7 Å². The summed E-state index contributed by atoms with van der Waals surface area (Å²) in [6, 6.07) is 4.28. The van der Waals surface area contributed by atoms with Crippen molar-refractivity contribution in [3.05, 3.63) is 22.4 Å². The van der Waals surface area contributed by atoms with E-state index in [2.05, 4.69) is 43.4 Å². The number of carbonyl (C=O) groups is 1. The zero-order valence-electron chi connectivity index (χ0n) is 11.1. The van der Waals surface area contributed by atoms with Gasteiger partial charge < -0.3 is 10.6 Å². The van der Waals surface area contributed by atoms with Crippen molar-refractivity contribution in [2.75, 3.05) is 13.1 Å². The van der Waals surface area contributed by atoms with E-state index in [1.807, 2.05) is 11.4 Å². The van der Waals surface area contributed by atoms with Gasteiger partial charge in [-0.1, -0.05) is 32.8 Å². The number of hydrogen-bond acceptors (Lipinski definition) is 3. The van der Waals surface area contributed by atoms with E-state index < -0.39 is 0 Å². The number of rotatable bonds is 5. The zero-order valence-corrected chi connectivity index (χ0v) is 11.9. The fraction of sp³-hybridized carbons (Fsp3) is 0.500. The van der Waals surface area contributed by atoms with E-state index in [0.717, 1.165) is 0 Å². The summed E-state index contributed by atoms with van der Waals surface area (Å²) in [6.07, 6.45) is 5.10. The Morgan fingerprint density at radius 2 is 2.28 bits per heavy atom. The van der Waals surface area contributed by atoms with E-state index in [-0.39, 0.29) is 30.5 Å². The Kier molecular flexibility index (Phi) is 5.39. The number of terminal acetylenes is 1. The van der Waals surface area contributed by atoms with Gasteiger partial charge in [-0.15, -0.1) is 17.8 Å². The molecule has 98 valence electrons. The van der Waals surface area contributed by atoms with Crippen LogP contribution < -0.4 is 10.6 Å². The molecule has 1 rings (SSSR count). The number of nitrogens with one attached hydrogen (secondary N) is 2. The number of hydrogen-bond donors (Lipinski definition) is 2. The molecule has 0 unspecified atom stereocenters. The number of carbonyl (C=O) groups excluding carboxylic acids is 1. The molecule has 0 fully saturated rings. The summed E-state index contributed by atoms with van der Waals surface area (Å²) in [7, 11) is 0. The predicted octanol–water partition coefficient (Wildman–Crippen LogP) is 2.17. The maximum atomic E-state index is 11.5. The average Bonchev–Trinajstić information content (AvgIpc) is 2.78. The van der Waals surface area contributed by atoms with E-state index in [1.54, 1.807) is 11.3 Å². The van der Waals surface area contributed by atoms with Crippen LogP contribution in [0.15, 0.2) is 17.5 Å². The van der Waals surface area contributed by atoms with Crippen LogP contribution in [-0.4, -0.2) is 19.0 Å². The van der Waals surface area contributed by atoms with Gasteiger partial charge in [0, 0.05) is 10.9 Å². The minimum Gasteiger partial charge on any atom is -0.344 e. The number of thiophene rings is 1. The van der Waals surface area contributed by atoms with Crippen LogP contribution in [0.5, 0.6) is 0 Å². The molecule has 0 aliphatic carbocycles. The fourth-order valence-corrected chi connectivity index (χ4v) is 2.74. The van der Waals surface area contributed by atoms with Crippen molar-refractivity contribution in [3.63, 3.8) is 0 Å². The molecule has 0 saturated carbocycles. The molecular formula is C14H20N2OS. The van der Waals surface area contributed by atoms with Gasteiger partial charge in [0.1, 0.15) is 0 Å². The molecule has 4 heteroatoms. The molecule has 0 spiro atoms. The van der Waals surface area contributed by atoms with Gasteiger partial charge in [-0.25, -0.2) is 0 Å². The van der Waals surface area contributed by atoms with Crippen molar-refractivity contribution >= 4 is 17.2 Å². The minimum absolute atomic E-state index is 0.0528. The first kappa shape index (κ1) is 14.7. The summed E-state index contributed by atoms with van der Waals surface area (Å²) in [4.78, 5) is 12.8. The molecule has 0 radical (unpaired) electrons.